The Balaban J connectivity index is 1.83. The van der Waals surface area contributed by atoms with E-state index < -0.39 is 0 Å². The molecular weight excluding hydrogens is 440 g/mol. The first-order valence-corrected chi connectivity index (χ1v) is 11.3. The van der Waals surface area contributed by atoms with Gasteiger partial charge in [0, 0.05) is 41.4 Å². The van der Waals surface area contributed by atoms with E-state index in [1.165, 1.54) is 24.5 Å². The number of aliphatic hydroxyl groups is 2. The van der Waals surface area contributed by atoms with Crippen LogP contribution in [-0.4, -0.2) is 40.6 Å². The maximum absolute atomic E-state index is 12.1. The van der Waals surface area contributed by atoms with Gasteiger partial charge in [-0.1, -0.05) is 29.6 Å². The fourth-order valence-electron chi connectivity index (χ4n) is 2.64. The summed E-state index contributed by atoms with van der Waals surface area (Å²) in [5, 5.41) is 38.3. The van der Waals surface area contributed by atoms with Crippen molar-refractivity contribution in [2.45, 2.75) is 45.0 Å². The predicted molar refractivity (Wildman–Crippen MR) is 119 cm³/mol. The minimum Gasteiger partial charge on any atom is -0.506 e. The third kappa shape index (κ3) is 6.79. The maximum Gasteiger partial charge on any atom is 0.212 e. The van der Waals surface area contributed by atoms with Gasteiger partial charge in [-0.25, -0.2) is 0 Å². The Kier molecular flexibility index (Phi) is 9.50. The molecule has 4 N–H and O–H groups in total. The lowest BCUT2D eigenvalue weighted by atomic mass is 10.1. The first-order chi connectivity index (χ1) is 14.8. The lowest BCUT2D eigenvalue weighted by Gasteiger charge is -2.10. The Labute approximate surface area is 188 Å². The van der Waals surface area contributed by atoms with E-state index in [2.05, 4.69) is 9.97 Å². The molecule has 8 nitrogen and oxygen atoms in total. The number of hydrogen-bond donors (Lipinski definition) is 4. The molecule has 0 aromatic carbocycles. The van der Waals surface area contributed by atoms with Crippen molar-refractivity contribution in [3.05, 3.63) is 58.2 Å². The summed E-state index contributed by atoms with van der Waals surface area (Å²) in [6.45, 7) is 2.54. The number of aromatic hydroxyl groups is 2. The van der Waals surface area contributed by atoms with E-state index in [0.717, 1.165) is 23.5 Å². The molecule has 0 radical (unpaired) electrons. The first-order valence-electron chi connectivity index (χ1n) is 9.31. The van der Waals surface area contributed by atoms with Gasteiger partial charge in [-0.15, -0.1) is 0 Å². The van der Waals surface area contributed by atoms with Crippen LogP contribution in [0.5, 0.6) is 11.5 Å². The predicted octanol–water partition coefficient (Wildman–Crippen LogP) is 2.66. The second-order valence-electron chi connectivity index (χ2n) is 6.58. The van der Waals surface area contributed by atoms with Crippen LogP contribution in [0.1, 0.15) is 40.1 Å². The normalized spacial score (nSPS) is 11.2. The summed E-state index contributed by atoms with van der Waals surface area (Å²) in [4.78, 5) is 32.2. The molecule has 0 saturated heterocycles. The van der Waals surface area contributed by atoms with Gasteiger partial charge in [0.05, 0.1) is 24.6 Å². The van der Waals surface area contributed by atoms with Crippen molar-refractivity contribution < 1.29 is 30.0 Å². The van der Waals surface area contributed by atoms with Crippen LogP contribution in [0.25, 0.3) is 0 Å². The largest absolute Gasteiger partial charge is 0.506 e. The van der Waals surface area contributed by atoms with Crippen LogP contribution >= 0.6 is 23.5 Å². The van der Waals surface area contributed by atoms with Crippen molar-refractivity contribution >= 4 is 33.8 Å². The molecule has 0 amide bonds. The highest BCUT2D eigenvalue weighted by atomic mass is 32.2. The topological polar surface area (TPSA) is 141 Å². The third-order valence-electron chi connectivity index (χ3n) is 4.47. The lowest BCUT2D eigenvalue weighted by Crippen LogP contribution is -2.00. The number of pyridine rings is 2. The molecule has 0 saturated carbocycles. The van der Waals surface area contributed by atoms with E-state index in [-0.39, 0.29) is 52.9 Å². The summed E-state index contributed by atoms with van der Waals surface area (Å²) >= 11 is 1.98. The minimum atomic E-state index is -0.354. The fraction of sp³-hybridized carbons (Fsp3) is 0.333. The number of carbonyl (C=O) groups is 2. The van der Waals surface area contributed by atoms with Gasteiger partial charge in [-0.2, -0.15) is 0 Å². The average Bonchev–Trinajstić information content (AvgIpc) is 2.75. The van der Waals surface area contributed by atoms with E-state index >= 15 is 0 Å². The summed E-state index contributed by atoms with van der Waals surface area (Å²) in [5.74, 6) is 0.334. The van der Waals surface area contributed by atoms with Crippen molar-refractivity contribution in [3.8, 4) is 11.5 Å². The summed E-state index contributed by atoms with van der Waals surface area (Å²) in [6, 6.07) is 0. The van der Waals surface area contributed by atoms with Gasteiger partial charge in [-0.05, 0) is 31.1 Å². The van der Waals surface area contributed by atoms with Gasteiger partial charge in [0.15, 0.2) is 5.12 Å². The van der Waals surface area contributed by atoms with Crippen molar-refractivity contribution in [1.29, 1.82) is 0 Å². The molecule has 0 aliphatic carbocycles. The Morgan fingerprint density at radius 1 is 0.903 bits per heavy atom. The van der Waals surface area contributed by atoms with E-state index in [1.807, 2.05) is 0 Å². The summed E-state index contributed by atoms with van der Waals surface area (Å²) < 4.78 is 0. The summed E-state index contributed by atoms with van der Waals surface area (Å²) in [7, 11) is 0. The monoisotopic (exact) mass is 464 g/mol. The molecule has 31 heavy (non-hydrogen) atoms. The number of aryl methyl sites for hydroxylation is 2. The standard InChI is InChI=1S/C21H24N2O6S2/c1-12-20(28)16(8-24)14(6-22-12)10-30-18(26)4-3-5-19(27)31-11-15-7-23-13(2)21(29)17(15)9-25/h3-4,6-7,24-25,28-29H,5,8-11H2,1-2H3. The highest BCUT2D eigenvalue weighted by Gasteiger charge is 2.13. The molecule has 166 valence electrons. The number of allylic oxidation sites excluding steroid dienone is 1. The van der Waals surface area contributed by atoms with Gasteiger partial charge >= 0.3 is 0 Å². The van der Waals surface area contributed by atoms with Crippen LogP contribution in [0.3, 0.4) is 0 Å². The highest BCUT2D eigenvalue weighted by molar-refractivity contribution is 8.13. The second-order valence-corrected chi connectivity index (χ2v) is 8.60. The van der Waals surface area contributed by atoms with Gasteiger partial charge in [0.25, 0.3) is 0 Å². The van der Waals surface area contributed by atoms with Crippen molar-refractivity contribution in [1.82, 2.24) is 9.97 Å². The second kappa shape index (κ2) is 11.8. The smallest absolute Gasteiger partial charge is 0.212 e. The molecule has 0 aliphatic heterocycles. The highest BCUT2D eigenvalue weighted by Crippen LogP contribution is 2.28. The van der Waals surface area contributed by atoms with Crippen molar-refractivity contribution in [2.75, 3.05) is 0 Å². The summed E-state index contributed by atoms with van der Waals surface area (Å²) in [5.41, 5.74) is 2.66. The van der Waals surface area contributed by atoms with Crippen LogP contribution in [0.2, 0.25) is 0 Å². The molecule has 0 fully saturated rings. The zero-order valence-electron chi connectivity index (χ0n) is 17.2. The Morgan fingerprint density at radius 3 is 1.87 bits per heavy atom. The maximum atomic E-state index is 12.1. The fourth-order valence-corrected chi connectivity index (χ4v) is 4.15. The molecule has 0 spiro atoms. The van der Waals surface area contributed by atoms with Gasteiger partial charge < -0.3 is 20.4 Å². The number of nitrogens with zero attached hydrogens (tertiary/aromatic N) is 2. The Morgan fingerprint density at radius 2 is 1.39 bits per heavy atom. The van der Waals surface area contributed by atoms with Gasteiger partial charge in [-0.3, -0.25) is 19.6 Å². The molecule has 0 aliphatic rings. The lowest BCUT2D eigenvalue weighted by molar-refractivity contribution is -0.110. The third-order valence-corrected chi connectivity index (χ3v) is 6.29. The van der Waals surface area contributed by atoms with Gasteiger partial charge in [0.2, 0.25) is 5.12 Å². The first kappa shape index (κ1) is 24.9. The van der Waals surface area contributed by atoms with Crippen molar-refractivity contribution in [3.63, 3.8) is 0 Å². The molecule has 10 heteroatoms. The number of aromatic nitrogens is 2. The molecular formula is C21H24N2O6S2. The molecule has 2 heterocycles. The molecule has 0 atom stereocenters. The van der Waals surface area contributed by atoms with Crippen LogP contribution in [0.4, 0.5) is 0 Å². The van der Waals surface area contributed by atoms with Crippen LogP contribution in [0, 0.1) is 13.8 Å². The van der Waals surface area contributed by atoms with Gasteiger partial charge in [0.1, 0.15) is 11.5 Å². The zero-order chi connectivity index (χ0) is 23.0. The molecule has 2 rings (SSSR count). The van der Waals surface area contributed by atoms with E-state index in [1.54, 1.807) is 13.8 Å². The van der Waals surface area contributed by atoms with Crippen LogP contribution in [-0.2, 0) is 34.3 Å². The zero-order valence-corrected chi connectivity index (χ0v) is 18.8. The molecule has 2 aromatic rings. The Bertz CT molecular complexity index is 994. The molecule has 2 aromatic heterocycles. The number of rotatable bonds is 9. The minimum absolute atomic E-state index is 0.0471. The Hall–Kier alpha value is -2.40. The summed E-state index contributed by atoms with van der Waals surface area (Å²) in [6.07, 6.45) is 5.87. The number of carbonyl (C=O) groups excluding carboxylic acids is 2. The van der Waals surface area contributed by atoms with Crippen LogP contribution < -0.4 is 0 Å². The van der Waals surface area contributed by atoms with E-state index in [4.69, 9.17) is 0 Å². The van der Waals surface area contributed by atoms with Crippen molar-refractivity contribution in [2.24, 2.45) is 0 Å². The number of aliphatic hydroxyl groups excluding tert-OH is 2. The van der Waals surface area contributed by atoms with Crippen LogP contribution in [0.15, 0.2) is 24.5 Å². The SMILES string of the molecule is Cc1ncc(CSC(=O)C=CCC(=O)SCc2cnc(C)c(O)c2CO)c(CO)c1O. The average molecular weight is 465 g/mol. The van der Waals surface area contributed by atoms with E-state index in [9.17, 15) is 30.0 Å². The molecule has 0 bridgehead atoms. The number of hydrogen-bond acceptors (Lipinski definition) is 10. The number of thioether (sulfide) groups is 2. The molecule has 0 unspecified atom stereocenters. The quantitative estimate of drug-likeness (QED) is 0.409. The van der Waals surface area contributed by atoms with E-state index in [0.29, 0.717) is 33.6 Å².